The topological polar surface area (TPSA) is 49.4 Å². The largest absolute Gasteiger partial charge is 0.349 e. The Morgan fingerprint density at radius 2 is 1.80 bits per heavy atom. The molecule has 0 radical (unpaired) electrons. The normalized spacial score (nSPS) is 14.6. The number of rotatable bonds is 4. The van der Waals surface area contributed by atoms with Crippen LogP contribution in [0, 0.1) is 0 Å². The number of hydrogen-bond acceptors (Lipinski definition) is 2. The molecule has 0 bridgehead atoms. The van der Waals surface area contributed by atoms with Gasteiger partial charge in [0, 0.05) is 25.0 Å². The van der Waals surface area contributed by atoms with Gasteiger partial charge in [-0.05, 0) is 35.2 Å². The van der Waals surface area contributed by atoms with Crippen LogP contribution in [-0.4, -0.2) is 23.3 Å². The molecule has 25 heavy (non-hydrogen) atoms. The molecule has 0 saturated heterocycles. The first-order chi connectivity index (χ1) is 12.0. The van der Waals surface area contributed by atoms with E-state index >= 15 is 0 Å². The summed E-state index contributed by atoms with van der Waals surface area (Å²) in [4.78, 5) is 26.2. The third kappa shape index (κ3) is 4.40. The first-order valence-electron chi connectivity index (χ1n) is 8.40. The van der Waals surface area contributed by atoms with Crippen molar-refractivity contribution in [3.63, 3.8) is 0 Å². The van der Waals surface area contributed by atoms with Gasteiger partial charge in [0.05, 0.1) is 12.5 Å². The van der Waals surface area contributed by atoms with Crippen molar-refractivity contribution in [3.05, 3.63) is 70.2 Å². The number of carbonyl (C=O) groups is 2. The zero-order chi connectivity index (χ0) is 17.8. The summed E-state index contributed by atoms with van der Waals surface area (Å²) in [6, 6.07) is 15.1. The first-order valence-corrected chi connectivity index (χ1v) is 8.78. The van der Waals surface area contributed by atoms with E-state index in [0.717, 1.165) is 12.0 Å². The van der Waals surface area contributed by atoms with Crippen molar-refractivity contribution in [3.8, 4) is 0 Å². The smallest absolute Gasteiger partial charge is 0.225 e. The van der Waals surface area contributed by atoms with Crippen LogP contribution in [0.4, 0.5) is 0 Å². The second-order valence-corrected chi connectivity index (χ2v) is 6.78. The minimum Gasteiger partial charge on any atom is -0.349 e. The number of halogens is 1. The fourth-order valence-electron chi connectivity index (χ4n) is 3.20. The maximum Gasteiger partial charge on any atom is 0.225 e. The molecule has 0 aromatic heterocycles. The van der Waals surface area contributed by atoms with Crippen LogP contribution in [0.15, 0.2) is 48.5 Å². The average Bonchev–Trinajstić information content (AvgIpc) is 2.61. The van der Waals surface area contributed by atoms with Crippen molar-refractivity contribution in [2.75, 3.05) is 6.54 Å². The molecule has 1 heterocycles. The highest BCUT2D eigenvalue weighted by molar-refractivity contribution is 6.30. The summed E-state index contributed by atoms with van der Waals surface area (Å²) < 4.78 is 0. The van der Waals surface area contributed by atoms with E-state index in [1.54, 1.807) is 12.1 Å². The molecule has 3 rings (SSSR count). The molecular formula is C20H21ClN2O2. The van der Waals surface area contributed by atoms with Crippen LogP contribution in [0.25, 0.3) is 0 Å². The van der Waals surface area contributed by atoms with Gasteiger partial charge < -0.3 is 10.2 Å². The lowest BCUT2D eigenvalue weighted by molar-refractivity contribution is -0.133. The van der Waals surface area contributed by atoms with Crippen LogP contribution in [0.2, 0.25) is 5.02 Å². The number of carbonyl (C=O) groups excluding carboxylic acids is 2. The first kappa shape index (κ1) is 17.5. The number of fused-ring (bicyclic) bond motifs is 1. The maximum atomic E-state index is 12.8. The van der Waals surface area contributed by atoms with Gasteiger partial charge in [-0.15, -0.1) is 0 Å². The third-order valence-corrected chi connectivity index (χ3v) is 4.76. The van der Waals surface area contributed by atoms with Crippen molar-refractivity contribution in [2.45, 2.75) is 32.4 Å². The van der Waals surface area contributed by atoms with E-state index in [9.17, 15) is 9.59 Å². The molecule has 1 N–H and O–H groups in total. The second-order valence-electron chi connectivity index (χ2n) is 6.34. The number of hydrogen-bond donors (Lipinski definition) is 1. The van der Waals surface area contributed by atoms with E-state index in [0.29, 0.717) is 18.1 Å². The van der Waals surface area contributed by atoms with Crippen molar-refractivity contribution < 1.29 is 9.59 Å². The Morgan fingerprint density at radius 3 is 2.48 bits per heavy atom. The Balaban J connectivity index is 1.72. The molecule has 2 aromatic carbocycles. The molecule has 0 unspecified atom stereocenters. The lowest BCUT2D eigenvalue weighted by Crippen LogP contribution is -2.38. The highest BCUT2D eigenvalue weighted by atomic mass is 35.5. The van der Waals surface area contributed by atoms with Gasteiger partial charge in [-0.3, -0.25) is 9.59 Å². The van der Waals surface area contributed by atoms with Crippen molar-refractivity contribution in [1.29, 1.82) is 0 Å². The zero-order valence-electron chi connectivity index (χ0n) is 14.2. The lowest BCUT2D eigenvalue weighted by Gasteiger charge is -2.30. The van der Waals surface area contributed by atoms with E-state index in [4.69, 9.17) is 11.6 Å². The monoisotopic (exact) mass is 356 g/mol. The SMILES string of the molecule is CC(=O)N[C@H](CC(=O)N1CCc2ccccc2C1)c1ccc(Cl)cc1. The standard InChI is InChI=1S/C20H21ClN2O2/c1-14(24)22-19(16-6-8-18(21)9-7-16)12-20(25)23-11-10-15-4-2-3-5-17(15)13-23/h2-9,19H,10-13H2,1H3,(H,22,24)/t19-/m1/s1. The molecule has 0 aliphatic carbocycles. The number of nitrogens with zero attached hydrogens (tertiary/aromatic N) is 1. The molecule has 5 heteroatoms. The lowest BCUT2D eigenvalue weighted by atomic mass is 9.98. The summed E-state index contributed by atoms with van der Waals surface area (Å²) in [6.07, 6.45) is 1.11. The summed E-state index contributed by atoms with van der Waals surface area (Å²) in [6.45, 7) is 2.80. The van der Waals surface area contributed by atoms with Crippen LogP contribution in [0.1, 0.15) is 36.1 Å². The molecule has 130 valence electrons. The van der Waals surface area contributed by atoms with Crippen LogP contribution < -0.4 is 5.32 Å². The van der Waals surface area contributed by atoms with Gasteiger partial charge in [-0.25, -0.2) is 0 Å². The van der Waals surface area contributed by atoms with Gasteiger partial charge in [0.15, 0.2) is 0 Å². The van der Waals surface area contributed by atoms with Gasteiger partial charge in [-0.2, -0.15) is 0 Å². The molecule has 2 aromatic rings. The molecule has 0 fully saturated rings. The highest BCUT2D eigenvalue weighted by Gasteiger charge is 2.24. The predicted molar refractivity (Wildman–Crippen MR) is 98.2 cm³/mol. The minimum absolute atomic E-state index is 0.0446. The van der Waals surface area contributed by atoms with Gasteiger partial charge in [0.1, 0.15) is 0 Å². The zero-order valence-corrected chi connectivity index (χ0v) is 14.9. The van der Waals surface area contributed by atoms with E-state index in [1.807, 2.05) is 29.2 Å². The van der Waals surface area contributed by atoms with Crippen LogP contribution in [0.5, 0.6) is 0 Å². The second kappa shape index (κ2) is 7.70. The van der Waals surface area contributed by atoms with Gasteiger partial charge in [0.25, 0.3) is 0 Å². The summed E-state index contributed by atoms with van der Waals surface area (Å²) in [5.41, 5.74) is 3.39. The van der Waals surface area contributed by atoms with Crippen LogP contribution >= 0.6 is 11.6 Å². The van der Waals surface area contributed by atoms with Gasteiger partial charge in [0.2, 0.25) is 11.8 Å². The third-order valence-electron chi connectivity index (χ3n) is 4.51. The van der Waals surface area contributed by atoms with E-state index in [-0.39, 0.29) is 24.3 Å². The van der Waals surface area contributed by atoms with Crippen LogP contribution in [-0.2, 0) is 22.6 Å². The fraction of sp³-hybridized carbons (Fsp3) is 0.300. The molecule has 0 spiro atoms. The van der Waals surface area contributed by atoms with E-state index in [2.05, 4.69) is 17.4 Å². The molecule has 0 saturated carbocycles. The van der Waals surface area contributed by atoms with E-state index < -0.39 is 0 Å². The summed E-state index contributed by atoms with van der Waals surface area (Å²) >= 11 is 5.93. The fourth-order valence-corrected chi connectivity index (χ4v) is 3.33. The van der Waals surface area contributed by atoms with Crippen molar-refractivity contribution >= 4 is 23.4 Å². The molecule has 1 aliphatic rings. The molecule has 1 atom stereocenters. The number of benzene rings is 2. The number of amides is 2. The van der Waals surface area contributed by atoms with Crippen LogP contribution in [0.3, 0.4) is 0 Å². The predicted octanol–water partition coefficient (Wildman–Crippen LogP) is 3.49. The van der Waals surface area contributed by atoms with Crippen molar-refractivity contribution in [2.24, 2.45) is 0 Å². The van der Waals surface area contributed by atoms with E-state index in [1.165, 1.54) is 18.1 Å². The Hall–Kier alpha value is -2.33. The minimum atomic E-state index is -0.348. The van der Waals surface area contributed by atoms with Crippen molar-refractivity contribution in [1.82, 2.24) is 10.2 Å². The maximum absolute atomic E-state index is 12.8. The number of nitrogens with one attached hydrogen (secondary N) is 1. The summed E-state index contributed by atoms with van der Waals surface area (Å²) in [5.74, 6) is -0.111. The Morgan fingerprint density at radius 1 is 1.12 bits per heavy atom. The van der Waals surface area contributed by atoms with Gasteiger partial charge in [-0.1, -0.05) is 48.0 Å². The highest BCUT2D eigenvalue weighted by Crippen LogP contribution is 2.23. The van der Waals surface area contributed by atoms with Gasteiger partial charge >= 0.3 is 0 Å². The summed E-state index contributed by atoms with van der Waals surface area (Å²) in [5, 5.41) is 3.50. The Kier molecular flexibility index (Phi) is 5.39. The molecule has 1 aliphatic heterocycles. The molecular weight excluding hydrogens is 336 g/mol. The quantitative estimate of drug-likeness (QED) is 0.911. The Labute approximate surface area is 152 Å². The molecule has 2 amide bonds. The summed E-state index contributed by atoms with van der Waals surface area (Å²) in [7, 11) is 0. The molecule has 4 nitrogen and oxygen atoms in total. The average molecular weight is 357 g/mol. The Bertz CT molecular complexity index is 774.